The van der Waals surface area contributed by atoms with Crippen molar-refractivity contribution in [2.45, 2.75) is 19.9 Å². The van der Waals surface area contributed by atoms with E-state index in [0.29, 0.717) is 0 Å². The second-order valence-corrected chi connectivity index (χ2v) is 6.59. The molecular formula is C19H19ClN2O6. The van der Waals surface area contributed by atoms with Crippen LogP contribution in [0.15, 0.2) is 42.5 Å². The molecule has 28 heavy (non-hydrogen) atoms. The maximum Gasteiger partial charge on any atom is 0.334 e. The van der Waals surface area contributed by atoms with Crippen LogP contribution < -0.4 is 14.8 Å². The lowest BCUT2D eigenvalue weighted by molar-refractivity contribution is -0.385. The van der Waals surface area contributed by atoms with E-state index >= 15 is 0 Å². The van der Waals surface area contributed by atoms with Crippen molar-refractivity contribution >= 4 is 29.2 Å². The molecule has 0 spiro atoms. The molecule has 0 radical (unpaired) electrons. The highest BCUT2D eigenvalue weighted by Gasteiger charge is 2.29. The summed E-state index contributed by atoms with van der Waals surface area (Å²) in [5.41, 5.74) is -0.217. The molecule has 148 valence electrons. The summed E-state index contributed by atoms with van der Waals surface area (Å²) < 4.78 is 10.2. The Morgan fingerprint density at radius 3 is 2.43 bits per heavy atom. The minimum absolute atomic E-state index is 0.207. The smallest absolute Gasteiger partial charge is 0.334 e. The molecule has 1 unspecified atom stereocenters. The molecule has 0 aliphatic rings. The molecule has 2 aromatic carbocycles. The van der Waals surface area contributed by atoms with E-state index in [9.17, 15) is 19.7 Å². The van der Waals surface area contributed by atoms with Crippen molar-refractivity contribution in [2.75, 3.05) is 7.11 Å². The number of ether oxygens (including phenoxy) is 2. The van der Waals surface area contributed by atoms with Gasteiger partial charge in [0.15, 0.2) is 0 Å². The first-order valence-electron chi connectivity index (χ1n) is 8.34. The van der Waals surface area contributed by atoms with Crippen molar-refractivity contribution in [3.63, 3.8) is 0 Å². The van der Waals surface area contributed by atoms with E-state index in [1.165, 1.54) is 25.3 Å². The van der Waals surface area contributed by atoms with Crippen LogP contribution >= 0.6 is 11.6 Å². The van der Waals surface area contributed by atoms with Crippen LogP contribution in [0.4, 0.5) is 5.69 Å². The average Bonchev–Trinajstić information content (AvgIpc) is 2.66. The van der Waals surface area contributed by atoms with Crippen LogP contribution in [0.2, 0.25) is 5.02 Å². The van der Waals surface area contributed by atoms with Gasteiger partial charge in [-0.3, -0.25) is 14.9 Å². The van der Waals surface area contributed by atoms with Gasteiger partial charge in [0.1, 0.15) is 11.8 Å². The van der Waals surface area contributed by atoms with E-state index < -0.39 is 28.5 Å². The molecule has 2 rings (SSSR count). The summed E-state index contributed by atoms with van der Waals surface area (Å²) in [5, 5.41) is 14.1. The number of carbonyl (C=O) groups excluding carboxylic acids is 2. The second kappa shape index (κ2) is 9.18. The van der Waals surface area contributed by atoms with Gasteiger partial charge >= 0.3 is 11.7 Å². The number of nitro benzene ring substituents is 1. The Kier molecular flexibility index (Phi) is 6.94. The number of hydrogen-bond acceptors (Lipinski definition) is 6. The normalized spacial score (nSPS) is 11.6. The molecule has 1 N–H and O–H groups in total. The third-order valence-electron chi connectivity index (χ3n) is 3.90. The number of carbonyl (C=O) groups is 2. The Hall–Kier alpha value is -3.13. The third kappa shape index (κ3) is 4.98. The van der Waals surface area contributed by atoms with E-state index in [1.54, 1.807) is 32.0 Å². The lowest BCUT2D eigenvalue weighted by Crippen LogP contribution is -2.46. The zero-order chi connectivity index (χ0) is 20.8. The second-order valence-electron chi connectivity index (χ2n) is 6.19. The molecule has 1 atom stereocenters. The van der Waals surface area contributed by atoms with Crippen LogP contribution in [-0.4, -0.2) is 30.0 Å². The monoisotopic (exact) mass is 406 g/mol. The van der Waals surface area contributed by atoms with Crippen LogP contribution in [0.3, 0.4) is 0 Å². The summed E-state index contributed by atoms with van der Waals surface area (Å²) in [6.07, 6.45) is 0. The van der Waals surface area contributed by atoms with E-state index in [4.69, 9.17) is 21.1 Å². The Balaban J connectivity index is 2.23. The number of nitrogens with zero attached hydrogens (tertiary/aromatic N) is 1. The van der Waals surface area contributed by atoms with E-state index in [2.05, 4.69) is 5.32 Å². The lowest BCUT2D eigenvalue weighted by atomic mass is 10.0. The van der Waals surface area contributed by atoms with Crippen LogP contribution in [0.5, 0.6) is 11.5 Å². The Morgan fingerprint density at radius 1 is 1.18 bits per heavy atom. The molecule has 9 heteroatoms. The summed E-state index contributed by atoms with van der Waals surface area (Å²) >= 11 is 6.01. The first-order chi connectivity index (χ1) is 13.2. The van der Waals surface area contributed by atoms with Crippen molar-refractivity contribution in [1.29, 1.82) is 0 Å². The van der Waals surface area contributed by atoms with Crippen LogP contribution in [0.25, 0.3) is 0 Å². The summed E-state index contributed by atoms with van der Waals surface area (Å²) in [5.74, 6) is -1.71. The minimum atomic E-state index is -1.04. The largest absolute Gasteiger partial charge is 0.496 e. The molecule has 0 bridgehead atoms. The standard InChI is InChI=1S/C19H19ClN2O6/c1-11(2)17(21-18(23)13-6-4-5-7-14(13)20)19(24)28-16-9-8-12(27-3)10-15(16)22(25)26/h4-11,17H,1-3H3,(H,21,23). The maximum atomic E-state index is 12.6. The van der Waals surface area contributed by atoms with Gasteiger partial charge < -0.3 is 14.8 Å². The summed E-state index contributed by atoms with van der Waals surface area (Å²) in [4.78, 5) is 35.6. The number of methoxy groups -OCH3 is 1. The molecular weight excluding hydrogens is 388 g/mol. The van der Waals surface area contributed by atoms with Gasteiger partial charge in [-0.25, -0.2) is 4.79 Å². The zero-order valence-electron chi connectivity index (χ0n) is 15.5. The number of nitrogens with one attached hydrogen (secondary N) is 1. The molecule has 0 heterocycles. The summed E-state index contributed by atoms with van der Waals surface area (Å²) in [6, 6.07) is 9.21. The van der Waals surface area contributed by atoms with Crippen molar-refractivity contribution in [1.82, 2.24) is 5.32 Å². The van der Waals surface area contributed by atoms with E-state index in [-0.39, 0.29) is 28.0 Å². The third-order valence-corrected chi connectivity index (χ3v) is 4.23. The molecule has 0 aliphatic heterocycles. The molecule has 8 nitrogen and oxygen atoms in total. The number of esters is 1. The number of rotatable bonds is 7. The zero-order valence-corrected chi connectivity index (χ0v) is 16.2. The van der Waals surface area contributed by atoms with Gasteiger partial charge in [0.25, 0.3) is 5.91 Å². The van der Waals surface area contributed by atoms with Crippen molar-refractivity contribution in [3.8, 4) is 11.5 Å². The number of hydrogen-bond donors (Lipinski definition) is 1. The fourth-order valence-corrected chi connectivity index (χ4v) is 2.61. The first kappa shape index (κ1) is 21.2. The number of halogens is 1. The van der Waals surface area contributed by atoms with Crippen LogP contribution in [0, 0.1) is 16.0 Å². The van der Waals surface area contributed by atoms with Gasteiger partial charge in [-0.1, -0.05) is 37.6 Å². The Morgan fingerprint density at radius 2 is 1.86 bits per heavy atom. The molecule has 0 saturated carbocycles. The van der Waals surface area contributed by atoms with Gasteiger partial charge in [-0.15, -0.1) is 0 Å². The number of amides is 1. The highest BCUT2D eigenvalue weighted by Crippen LogP contribution is 2.31. The number of benzene rings is 2. The Bertz CT molecular complexity index is 900. The molecule has 2 aromatic rings. The van der Waals surface area contributed by atoms with Gasteiger partial charge in [-0.05, 0) is 30.2 Å². The summed E-state index contributed by atoms with van der Waals surface area (Å²) in [6.45, 7) is 3.42. The molecule has 0 fully saturated rings. The SMILES string of the molecule is COc1ccc(OC(=O)C(NC(=O)c2ccccc2Cl)C(C)C)c([N+](=O)[O-])c1. The van der Waals surface area contributed by atoms with E-state index in [1.807, 2.05) is 0 Å². The van der Waals surface area contributed by atoms with Crippen LogP contribution in [-0.2, 0) is 4.79 Å². The first-order valence-corrected chi connectivity index (χ1v) is 8.72. The predicted molar refractivity (Wildman–Crippen MR) is 103 cm³/mol. The molecule has 0 aromatic heterocycles. The quantitative estimate of drug-likeness (QED) is 0.325. The Labute approximate surface area is 166 Å². The van der Waals surface area contributed by atoms with Gasteiger partial charge in [0.2, 0.25) is 5.75 Å². The maximum absolute atomic E-state index is 12.6. The molecule has 0 aliphatic carbocycles. The van der Waals surface area contributed by atoms with Crippen LogP contribution in [0.1, 0.15) is 24.2 Å². The van der Waals surface area contributed by atoms with Crippen molar-refractivity contribution in [2.24, 2.45) is 5.92 Å². The number of nitro groups is 1. The predicted octanol–water partition coefficient (Wildman–Crippen LogP) is 3.62. The molecule has 0 saturated heterocycles. The average molecular weight is 407 g/mol. The lowest BCUT2D eigenvalue weighted by Gasteiger charge is -2.21. The van der Waals surface area contributed by atoms with Crippen molar-refractivity contribution < 1.29 is 24.0 Å². The fraction of sp³-hybridized carbons (Fsp3) is 0.263. The van der Waals surface area contributed by atoms with Gasteiger partial charge in [0, 0.05) is 0 Å². The fourth-order valence-electron chi connectivity index (χ4n) is 2.39. The van der Waals surface area contributed by atoms with Crippen molar-refractivity contribution in [3.05, 3.63) is 63.2 Å². The highest BCUT2D eigenvalue weighted by atomic mass is 35.5. The van der Waals surface area contributed by atoms with E-state index in [0.717, 1.165) is 6.07 Å². The summed E-state index contributed by atoms with van der Waals surface area (Å²) in [7, 11) is 1.36. The minimum Gasteiger partial charge on any atom is -0.496 e. The van der Waals surface area contributed by atoms with Gasteiger partial charge in [-0.2, -0.15) is 0 Å². The molecule has 1 amide bonds. The topological polar surface area (TPSA) is 108 Å². The van der Waals surface area contributed by atoms with Gasteiger partial charge in [0.05, 0.1) is 28.7 Å². The highest BCUT2D eigenvalue weighted by molar-refractivity contribution is 6.33.